The summed E-state index contributed by atoms with van der Waals surface area (Å²) in [5, 5.41) is 0. The van der Waals surface area contributed by atoms with Crippen molar-refractivity contribution in [2.24, 2.45) is 5.92 Å². The third-order valence-corrected chi connectivity index (χ3v) is 2.93. The molecule has 0 aromatic carbocycles. The molecule has 4 heteroatoms. The van der Waals surface area contributed by atoms with E-state index in [-0.39, 0.29) is 12.2 Å². The predicted molar refractivity (Wildman–Crippen MR) is 55.1 cm³/mol. The highest BCUT2D eigenvalue weighted by Crippen LogP contribution is 2.24. The topological polar surface area (TPSA) is 64.3 Å². The predicted octanol–water partition coefficient (Wildman–Crippen LogP) is 1.71. The molecular weight excluding hydrogens is 208 g/mol. The highest BCUT2D eigenvalue weighted by Gasteiger charge is 2.35. The van der Waals surface area contributed by atoms with Gasteiger partial charge in [-0.15, -0.1) is 0 Å². The summed E-state index contributed by atoms with van der Waals surface area (Å²) < 4.78 is 5.02. The van der Waals surface area contributed by atoms with E-state index < -0.39 is 17.5 Å². The van der Waals surface area contributed by atoms with Crippen LogP contribution in [0, 0.1) is 12.8 Å². The fraction of sp³-hybridized carbons (Fsp3) is 0.417. The molecule has 0 saturated heterocycles. The third-order valence-electron chi connectivity index (χ3n) is 2.93. The van der Waals surface area contributed by atoms with Crippen molar-refractivity contribution >= 4 is 17.3 Å². The van der Waals surface area contributed by atoms with Crippen molar-refractivity contribution in [1.29, 1.82) is 0 Å². The maximum atomic E-state index is 12.0. The maximum Gasteiger partial charge on any atom is 0.209 e. The molecule has 1 saturated carbocycles. The van der Waals surface area contributed by atoms with Gasteiger partial charge in [0.2, 0.25) is 5.78 Å². The van der Waals surface area contributed by atoms with E-state index in [2.05, 4.69) is 0 Å². The Hall–Kier alpha value is -1.71. The Kier molecular flexibility index (Phi) is 2.73. The summed E-state index contributed by atoms with van der Waals surface area (Å²) in [5.41, 5.74) is 0.410. The number of hydrogen-bond donors (Lipinski definition) is 0. The van der Waals surface area contributed by atoms with Gasteiger partial charge in [-0.3, -0.25) is 14.4 Å². The molecule has 1 unspecified atom stereocenters. The number of aryl methyl sites for hydroxylation is 1. The lowest BCUT2D eigenvalue weighted by Gasteiger charge is -2.17. The van der Waals surface area contributed by atoms with Gasteiger partial charge in [0.15, 0.2) is 11.6 Å². The fourth-order valence-corrected chi connectivity index (χ4v) is 1.99. The normalized spacial score (nSPS) is 21.2. The fourth-order valence-electron chi connectivity index (χ4n) is 1.99. The lowest BCUT2D eigenvalue weighted by molar-refractivity contribution is -0.139. The minimum Gasteiger partial charge on any atom is -0.469 e. The van der Waals surface area contributed by atoms with Crippen LogP contribution < -0.4 is 0 Å². The van der Waals surface area contributed by atoms with Crippen LogP contribution in [-0.2, 0) is 9.59 Å². The quantitative estimate of drug-likeness (QED) is 0.432. The van der Waals surface area contributed by atoms with Crippen LogP contribution in [0.15, 0.2) is 16.7 Å². The van der Waals surface area contributed by atoms with Crippen molar-refractivity contribution in [1.82, 2.24) is 0 Å². The number of carbonyl (C=O) groups excluding carboxylic acids is 3. The molecule has 0 spiro atoms. The molecule has 0 radical (unpaired) electrons. The molecule has 1 heterocycles. The number of hydrogen-bond acceptors (Lipinski definition) is 4. The van der Waals surface area contributed by atoms with Gasteiger partial charge in [0.25, 0.3) is 0 Å². The van der Waals surface area contributed by atoms with Crippen molar-refractivity contribution in [3.05, 3.63) is 23.7 Å². The average Bonchev–Trinajstić information content (AvgIpc) is 2.68. The highest BCUT2D eigenvalue weighted by atomic mass is 16.3. The summed E-state index contributed by atoms with van der Waals surface area (Å²) in [7, 11) is 0. The van der Waals surface area contributed by atoms with Crippen molar-refractivity contribution < 1.29 is 18.8 Å². The van der Waals surface area contributed by atoms with Crippen molar-refractivity contribution in [2.75, 3.05) is 0 Å². The Labute approximate surface area is 92.6 Å². The van der Waals surface area contributed by atoms with E-state index in [4.69, 9.17) is 4.42 Å². The molecule has 1 aliphatic carbocycles. The van der Waals surface area contributed by atoms with Gasteiger partial charge in [-0.2, -0.15) is 0 Å². The zero-order valence-electron chi connectivity index (χ0n) is 8.99. The first-order chi connectivity index (χ1) is 7.61. The minimum atomic E-state index is -0.794. The van der Waals surface area contributed by atoms with Crippen LogP contribution in [0.3, 0.4) is 0 Å². The summed E-state index contributed by atoms with van der Waals surface area (Å²) in [5.74, 6) is -1.56. The van der Waals surface area contributed by atoms with Gasteiger partial charge in [0.05, 0.1) is 17.7 Å². The van der Waals surface area contributed by atoms with E-state index >= 15 is 0 Å². The van der Waals surface area contributed by atoms with Gasteiger partial charge in [-0.1, -0.05) is 0 Å². The molecule has 1 aliphatic rings. The lowest BCUT2D eigenvalue weighted by atomic mass is 9.82. The molecule has 1 aromatic heterocycles. The standard InChI is InChI=1S/C12H12O4/c1-7-8(5-6-16-7)11(14)9-3-2-4-10(13)12(9)15/h5-6,9H,2-4H2,1H3. The molecule has 16 heavy (non-hydrogen) atoms. The number of Topliss-reactive ketones (excluding diaryl/α,β-unsaturated/α-hetero) is 3. The minimum absolute atomic E-state index is 0.271. The third kappa shape index (κ3) is 1.71. The first-order valence-corrected chi connectivity index (χ1v) is 5.26. The molecule has 2 rings (SSSR count). The van der Waals surface area contributed by atoms with Gasteiger partial charge in [0.1, 0.15) is 5.76 Å². The number of ketones is 3. The highest BCUT2D eigenvalue weighted by molar-refractivity contribution is 6.42. The second kappa shape index (κ2) is 4.04. The molecule has 1 aromatic rings. The van der Waals surface area contributed by atoms with Crippen LogP contribution in [0.25, 0.3) is 0 Å². The summed E-state index contributed by atoms with van der Waals surface area (Å²) in [6.07, 6.45) is 2.76. The number of rotatable bonds is 2. The van der Waals surface area contributed by atoms with E-state index in [1.54, 1.807) is 13.0 Å². The zero-order valence-corrected chi connectivity index (χ0v) is 8.99. The molecule has 0 amide bonds. The average molecular weight is 220 g/mol. The van der Waals surface area contributed by atoms with Gasteiger partial charge in [-0.05, 0) is 25.8 Å². The van der Waals surface area contributed by atoms with Gasteiger partial charge >= 0.3 is 0 Å². The maximum absolute atomic E-state index is 12.0. The van der Waals surface area contributed by atoms with E-state index in [1.807, 2.05) is 0 Å². The summed E-state index contributed by atoms with van der Waals surface area (Å²) in [6, 6.07) is 1.55. The van der Waals surface area contributed by atoms with Gasteiger partial charge < -0.3 is 4.42 Å². The Morgan fingerprint density at radius 1 is 1.44 bits per heavy atom. The zero-order chi connectivity index (χ0) is 11.7. The summed E-state index contributed by atoms with van der Waals surface area (Å²) in [4.78, 5) is 34.8. The monoisotopic (exact) mass is 220 g/mol. The lowest BCUT2D eigenvalue weighted by Crippen LogP contribution is -2.34. The molecule has 1 atom stereocenters. The largest absolute Gasteiger partial charge is 0.469 e. The smallest absolute Gasteiger partial charge is 0.209 e. The Morgan fingerprint density at radius 2 is 2.19 bits per heavy atom. The molecule has 0 N–H and O–H groups in total. The van der Waals surface area contributed by atoms with E-state index in [9.17, 15) is 14.4 Å². The van der Waals surface area contributed by atoms with E-state index in [1.165, 1.54) is 6.26 Å². The van der Waals surface area contributed by atoms with Crippen LogP contribution in [-0.4, -0.2) is 17.3 Å². The summed E-state index contributed by atoms with van der Waals surface area (Å²) >= 11 is 0. The van der Waals surface area contributed by atoms with Crippen LogP contribution in [0.4, 0.5) is 0 Å². The van der Waals surface area contributed by atoms with Crippen LogP contribution in [0.2, 0.25) is 0 Å². The molecule has 1 fully saturated rings. The van der Waals surface area contributed by atoms with Crippen LogP contribution >= 0.6 is 0 Å². The SMILES string of the molecule is Cc1occc1C(=O)C1CCCC(=O)C1=O. The van der Waals surface area contributed by atoms with E-state index in [0.29, 0.717) is 24.2 Å². The Bertz CT molecular complexity index is 455. The Balaban J connectivity index is 2.25. The summed E-state index contributed by atoms with van der Waals surface area (Å²) in [6.45, 7) is 1.67. The number of furan rings is 1. The Morgan fingerprint density at radius 3 is 2.81 bits per heavy atom. The molecule has 4 nitrogen and oxygen atoms in total. The van der Waals surface area contributed by atoms with Crippen LogP contribution in [0.1, 0.15) is 35.4 Å². The first kappa shape index (κ1) is 10.8. The molecule has 84 valence electrons. The van der Waals surface area contributed by atoms with Crippen LogP contribution in [0.5, 0.6) is 0 Å². The van der Waals surface area contributed by atoms with Crippen molar-refractivity contribution in [3.63, 3.8) is 0 Å². The number of carbonyl (C=O) groups is 3. The second-order valence-electron chi connectivity index (χ2n) is 3.99. The first-order valence-electron chi connectivity index (χ1n) is 5.26. The van der Waals surface area contributed by atoms with Gasteiger partial charge in [0, 0.05) is 6.42 Å². The van der Waals surface area contributed by atoms with Crippen molar-refractivity contribution in [3.8, 4) is 0 Å². The molecular formula is C12H12O4. The molecule has 0 bridgehead atoms. The second-order valence-corrected chi connectivity index (χ2v) is 3.99. The van der Waals surface area contributed by atoms with Gasteiger partial charge in [-0.25, -0.2) is 0 Å². The van der Waals surface area contributed by atoms with E-state index in [0.717, 1.165) is 0 Å². The van der Waals surface area contributed by atoms with Crippen molar-refractivity contribution in [2.45, 2.75) is 26.2 Å². The molecule has 0 aliphatic heterocycles.